The Balaban J connectivity index is 2.05. The van der Waals surface area contributed by atoms with Crippen LogP contribution >= 0.6 is 0 Å². The summed E-state index contributed by atoms with van der Waals surface area (Å²) in [4.78, 5) is 2.63. The highest BCUT2D eigenvalue weighted by Crippen LogP contribution is 2.26. The van der Waals surface area contributed by atoms with Crippen molar-refractivity contribution in [2.75, 3.05) is 12.3 Å². The van der Waals surface area contributed by atoms with E-state index in [4.69, 9.17) is 5.26 Å². The number of sulfone groups is 1. The third-order valence-electron chi connectivity index (χ3n) is 4.38. The van der Waals surface area contributed by atoms with Crippen LogP contribution in [-0.2, 0) is 9.84 Å². The van der Waals surface area contributed by atoms with Gasteiger partial charge in [-0.15, -0.1) is 0 Å². The molecular formula is C16H22N2O2S. The van der Waals surface area contributed by atoms with Crippen LogP contribution in [0.4, 0.5) is 0 Å². The maximum Gasteiger partial charge on any atom is 0.179 e. The molecule has 0 aromatic heterocycles. The molecule has 0 N–H and O–H groups in total. The summed E-state index contributed by atoms with van der Waals surface area (Å²) in [6, 6.07) is 9.14. The first kappa shape index (κ1) is 16.0. The van der Waals surface area contributed by atoms with Gasteiger partial charge < -0.3 is 0 Å². The fraction of sp³-hybridized carbons (Fsp3) is 0.562. The van der Waals surface area contributed by atoms with Crippen LogP contribution in [-0.4, -0.2) is 37.7 Å². The lowest BCUT2D eigenvalue weighted by atomic mass is 10.2. The third kappa shape index (κ3) is 3.63. The third-order valence-corrected chi connectivity index (χ3v) is 6.10. The number of rotatable bonds is 5. The van der Waals surface area contributed by atoms with Gasteiger partial charge in [-0.3, -0.25) is 4.90 Å². The van der Waals surface area contributed by atoms with Gasteiger partial charge in [0.25, 0.3) is 0 Å². The van der Waals surface area contributed by atoms with Crippen LogP contribution in [0.2, 0.25) is 0 Å². The van der Waals surface area contributed by atoms with Gasteiger partial charge in [0.1, 0.15) is 0 Å². The topological polar surface area (TPSA) is 61.2 Å². The molecular weight excluding hydrogens is 284 g/mol. The van der Waals surface area contributed by atoms with Gasteiger partial charge in [-0.05, 0) is 50.5 Å². The smallest absolute Gasteiger partial charge is 0.179 e. The Morgan fingerprint density at radius 1 is 1.29 bits per heavy atom. The number of nitrogens with zero attached hydrogens (tertiary/aromatic N) is 2. The molecule has 21 heavy (non-hydrogen) atoms. The normalized spacial score (nSPS) is 23.1. The fourth-order valence-electron chi connectivity index (χ4n) is 3.05. The highest BCUT2D eigenvalue weighted by molar-refractivity contribution is 7.91. The first-order valence-corrected chi connectivity index (χ1v) is 9.12. The Morgan fingerprint density at radius 2 is 1.95 bits per heavy atom. The molecule has 0 saturated carbocycles. The first-order valence-electron chi connectivity index (χ1n) is 7.46. The van der Waals surface area contributed by atoms with Gasteiger partial charge in [-0.25, -0.2) is 8.42 Å². The van der Waals surface area contributed by atoms with E-state index in [-0.39, 0.29) is 5.75 Å². The highest BCUT2D eigenvalue weighted by atomic mass is 32.2. The van der Waals surface area contributed by atoms with Crippen LogP contribution in [0.1, 0.15) is 38.7 Å². The lowest BCUT2D eigenvalue weighted by Gasteiger charge is -2.27. The Kier molecular flexibility index (Phi) is 5.02. The molecule has 2 unspecified atom stereocenters. The molecule has 0 spiro atoms. The highest BCUT2D eigenvalue weighted by Gasteiger charge is 2.30. The molecule has 1 aromatic rings. The van der Waals surface area contributed by atoms with Crippen LogP contribution < -0.4 is 0 Å². The molecule has 1 saturated heterocycles. The van der Waals surface area contributed by atoms with E-state index in [2.05, 4.69) is 18.7 Å². The molecule has 1 heterocycles. The Bertz CT molecular complexity index is 617. The summed E-state index contributed by atoms with van der Waals surface area (Å²) >= 11 is 0. The van der Waals surface area contributed by atoms with Crippen molar-refractivity contribution in [1.82, 2.24) is 4.90 Å². The first-order chi connectivity index (χ1) is 9.97. The van der Waals surface area contributed by atoms with Gasteiger partial charge in [0.15, 0.2) is 9.84 Å². The van der Waals surface area contributed by atoms with E-state index in [1.807, 2.05) is 6.07 Å². The molecule has 1 aromatic carbocycles. The Labute approximate surface area is 127 Å². The standard InChI is InChI=1S/C16H22N2O2S/c1-3-15-7-4-13(2)18(15)10-11-21(19,20)16-8-5-14(12-17)6-9-16/h5-6,8-9,13,15H,3-4,7,10-11H2,1-2H3. The molecule has 0 amide bonds. The van der Waals surface area contributed by atoms with E-state index >= 15 is 0 Å². The number of hydrogen-bond acceptors (Lipinski definition) is 4. The van der Waals surface area contributed by atoms with Crippen molar-refractivity contribution in [2.45, 2.75) is 50.1 Å². The second kappa shape index (κ2) is 6.59. The van der Waals surface area contributed by atoms with E-state index in [0.717, 1.165) is 19.3 Å². The molecule has 114 valence electrons. The average molecular weight is 306 g/mol. The predicted molar refractivity (Wildman–Crippen MR) is 82.7 cm³/mol. The number of likely N-dealkylation sites (tertiary alicyclic amines) is 1. The fourth-order valence-corrected chi connectivity index (χ4v) is 4.28. The van der Waals surface area contributed by atoms with Crippen molar-refractivity contribution >= 4 is 9.84 Å². The minimum absolute atomic E-state index is 0.139. The quantitative estimate of drug-likeness (QED) is 0.839. The zero-order valence-corrected chi connectivity index (χ0v) is 13.4. The SMILES string of the molecule is CCC1CCC(C)N1CCS(=O)(=O)c1ccc(C#N)cc1. The van der Waals surface area contributed by atoms with Gasteiger partial charge in [0, 0.05) is 18.6 Å². The van der Waals surface area contributed by atoms with Gasteiger partial charge >= 0.3 is 0 Å². The van der Waals surface area contributed by atoms with E-state index < -0.39 is 9.84 Å². The summed E-state index contributed by atoms with van der Waals surface area (Å²) in [7, 11) is -3.28. The minimum Gasteiger partial charge on any atom is -0.297 e. The largest absolute Gasteiger partial charge is 0.297 e. The minimum atomic E-state index is -3.28. The molecule has 0 bridgehead atoms. The molecule has 2 rings (SSSR count). The van der Waals surface area contributed by atoms with Gasteiger partial charge in [-0.2, -0.15) is 5.26 Å². The zero-order valence-electron chi connectivity index (χ0n) is 12.6. The van der Waals surface area contributed by atoms with Crippen LogP contribution in [0.3, 0.4) is 0 Å². The number of nitriles is 1. The lowest BCUT2D eigenvalue weighted by Crippen LogP contribution is -2.37. The zero-order chi connectivity index (χ0) is 15.5. The molecule has 1 fully saturated rings. The van der Waals surface area contributed by atoms with E-state index in [0.29, 0.717) is 29.1 Å². The van der Waals surface area contributed by atoms with Crippen molar-refractivity contribution < 1.29 is 8.42 Å². The summed E-state index contributed by atoms with van der Waals surface area (Å²) < 4.78 is 24.8. The number of hydrogen-bond donors (Lipinski definition) is 0. The van der Waals surface area contributed by atoms with Crippen molar-refractivity contribution in [3.05, 3.63) is 29.8 Å². The molecule has 2 atom stereocenters. The monoisotopic (exact) mass is 306 g/mol. The van der Waals surface area contributed by atoms with E-state index in [1.54, 1.807) is 12.1 Å². The van der Waals surface area contributed by atoms with Crippen LogP contribution in [0, 0.1) is 11.3 Å². The molecule has 1 aliphatic heterocycles. The average Bonchev–Trinajstić information content (AvgIpc) is 2.85. The predicted octanol–water partition coefficient (Wildman–Crippen LogP) is 2.59. The molecule has 0 radical (unpaired) electrons. The van der Waals surface area contributed by atoms with Gasteiger partial charge in [0.05, 0.1) is 22.3 Å². The van der Waals surface area contributed by atoms with Crippen LogP contribution in [0.25, 0.3) is 0 Å². The number of benzene rings is 1. The molecule has 1 aliphatic rings. The summed E-state index contributed by atoms with van der Waals surface area (Å²) in [5, 5.41) is 8.76. The Hall–Kier alpha value is -1.38. The van der Waals surface area contributed by atoms with Gasteiger partial charge in [-0.1, -0.05) is 6.92 Å². The van der Waals surface area contributed by atoms with Crippen LogP contribution in [0.5, 0.6) is 0 Å². The second-order valence-corrected chi connectivity index (χ2v) is 7.79. The van der Waals surface area contributed by atoms with Crippen molar-refractivity contribution in [3.8, 4) is 6.07 Å². The van der Waals surface area contributed by atoms with Gasteiger partial charge in [0.2, 0.25) is 0 Å². The molecule has 0 aliphatic carbocycles. The molecule has 5 heteroatoms. The van der Waals surface area contributed by atoms with Crippen molar-refractivity contribution in [2.24, 2.45) is 0 Å². The van der Waals surface area contributed by atoms with Crippen LogP contribution in [0.15, 0.2) is 29.2 Å². The van der Waals surface area contributed by atoms with E-state index in [1.165, 1.54) is 12.1 Å². The lowest BCUT2D eigenvalue weighted by molar-refractivity contribution is 0.211. The van der Waals surface area contributed by atoms with Crippen molar-refractivity contribution in [1.29, 1.82) is 5.26 Å². The maximum atomic E-state index is 12.4. The summed E-state index contributed by atoms with van der Waals surface area (Å²) in [5.41, 5.74) is 0.480. The Morgan fingerprint density at radius 3 is 2.52 bits per heavy atom. The summed E-state index contributed by atoms with van der Waals surface area (Å²) in [6.07, 6.45) is 3.38. The summed E-state index contributed by atoms with van der Waals surface area (Å²) in [5.74, 6) is 0.139. The second-order valence-electron chi connectivity index (χ2n) is 5.68. The van der Waals surface area contributed by atoms with E-state index in [9.17, 15) is 8.42 Å². The van der Waals surface area contributed by atoms with Crippen molar-refractivity contribution in [3.63, 3.8) is 0 Å². The molecule has 4 nitrogen and oxygen atoms in total. The maximum absolute atomic E-state index is 12.4. The summed E-state index contributed by atoms with van der Waals surface area (Å²) in [6.45, 7) is 4.91.